The molecule has 0 saturated carbocycles. The molecule has 6 heteroatoms. The summed E-state index contributed by atoms with van der Waals surface area (Å²) in [4.78, 5) is 13.6. The van der Waals surface area contributed by atoms with E-state index in [1.165, 1.54) is 20.0 Å². The first-order chi connectivity index (χ1) is 6.31. The topological polar surface area (TPSA) is 41.6 Å². The minimum Gasteiger partial charge on any atom is -0.468 e. The van der Waals surface area contributed by atoms with E-state index in [0.29, 0.717) is 6.04 Å². The summed E-state index contributed by atoms with van der Waals surface area (Å²) in [7, 11) is 1.44. The van der Waals surface area contributed by atoms with Crippen LogP contribution in [0.4, 0.5) is 0 Å². The van der Waals surface area contributed by atoms with Crippen LogP contribution < -0.4 is 5.32 Å². The second kappa shape index (κ2) is 6.53. The third-order valence-electron chi connectivity index (χ3n) is 3.00. The molecule has 0 unspecified atom stereocenters. The molecule has 0 aromatic rings. The highest BCUT2D eigenvalue weighted by atomic mass is 35.5. The minimum absolute atomic E-state index is 0. The Kier molecular flexibility index (Phi) is 6.52. The number of rotatable bonds is 1. The van der Waals surface area contributed by atoms with Crippen molar-refractivity contribution in [1.82, 2.24) is 10.2 Å². The molecule has 2 aliphatic heterocycles. The third kappa shape index (κ3) is 3.21. The number of carbonyl (C=O) groups excluding carboxylic acids is 1. The number of esters is 1. The van der Waals surface area contributed by atoms with Crippen molar-refractivity contribution in [2.75, 3.05) is 26.7 Å². The molecule has 2 rings (SSSR count). The molecule has 15 heavy (non-hydrogen) atoms. The van der Waals surface area contributed by atoms with Crippen LogP contribution in [0.25, 0.3) is 0 Å². The molecular formula is C9H18Cl2N2O2. The summed E-state index contributed by atoms with van der Waals surface area (Å²) in [5.74, 6) is -0.134. The lowest BCUT2D eigenvalue weighted by atomic mass is 10.1. The second-order valence-electron chi connectivity index (χ2n) is 3.77. The highest BCUT2D eigenvalue weighted by Gasteiger charge is 2.34. The van der Waals surface area contributed by atoms with E-state index in [0.717, 1.165) is 19.6 Å². The molecule has 0 amide bonds. The Labute approximate surface area is 103 Å². The maximum absolute atomic E-state index is 11.2. The van der Waals surface area contributed by atoms with Crippen molar-refractivity contribution in [3.05, 3.63) is 0 Å². The van der Waals surface area contributed by atoms with E-state index in [1.54, 1.807) is 0 Å². The van der Waals surface area contributed by atoms with Gasteiger partial charge >= 0.3 is 5.97 Å². The quantitative estimate of drug-likeness (QED) is 0.692. The van der Waals surface area contributed by atoms with Crippen LogP contribution in [-0.4, -0.2) is 49.7 Å². The molecule has 0 aromatic heterocycles. The van der Waals surface area contributed by atoms with Gasteiger partial charge in [0.05, 0.1) is 7.11 Å². The van der Waals surface area contributed by atoms with Crippen molar-refractivity contribution in [2.45, 2.75) is 24.9 Å². The number of hydrogen-bond acceptors (Lipinski definition) is 4. The molecule has 0 aliphatic carbocycles. The fourth-order valence-electron chi connectivity index (χ4n) is 2.24. The number of hydrogen-bond donors (Lipinski definition) is 1. The van der Waals surface area contributed by atoms with E-state index in [2.05, 4.69) is 10.2 Å². The predicted octanol–water partition coefficient (Wildman–Crippen LogP) is 0.439. The van der Waals surface area contributed by atoms with Gasteiger partial charge in [-0.3, -0.25) is 9.69 Å². The van der Waals surface area contributed by atoms with Crippen LogP contribution >= 0.6 is 24.8 Å². The van der Waals surface area contributed by atoms with Crippen molar-refractivity contribution >= 4 is 30.8 Å². The van der Waals surface area contributed by atoms with Crippen LogP contribution in [0.1, 0.15) is 12.8 Å². The van der Waals surface area contributed by atoms with Gasteiger partial charge in [0.1, 0.15) is 6.04 Å². The lowest BCUT2D eigenvalue weighted by Gasteiger charge is -2.34. The summed E-state index contributed by atoms with van der Waals surface area (Å²) in [6.07, 6.45) is 2.53. The lowest BCUT2D eigenvalue weighted by Crippen LogP contribution is -2.57. The Balaban J connectivity index is 0.000000980. The fraction of sp³-hybridized carbons (Fsp3) is 0.889. The van der Waals surface area contributed by atoms with E-state index < -0.39 is 0 Å². The Morgan fingerprint density at radius 1 is 1.47 bits per heavy atom. The van der Waals surface area contributed by atoms with Crippen LogP contribution in [0.3, 0.4) is 0 Å². The van der Waals surface area contributed by atoms with Gasteiger partial charge in [-0.1, -0.05) is 0 Å². The van der Waals surface area contributed by atoms with Crippen LogP contribution in [0.15, 0.2) is 0 Å². The standard InChI is InChI=1S/C9H16N2O2.2ClH/c1-13-9(12)8-6-11-4-2-3-7(11)5-10-8;;/h7-8,10H,2-6H2,1H3;2*1H/t7-,8-;;/m1../s1. The summed E-state index contributed by atoms with van der Waals surface area (Å²) in [5, 5.41) is 3.22. The van der Waals surface area contributed by atoms with Gasteiger partial charge in [0.25, 0.3) is 0 Å². The van der Waals surface area contributed by atoms with Crippen molar-refractivity contribution in [1.29, 1.82) is 0 Å². The van der Waals surface area contributed by atoms with E-state index in [1.807, 2.05) is 0 Å². The first-order valence-corrected chi connectivity index (χ1v) is 4.86. The summed E-state index contributed by atoms with van der Waals surface area (Å²) in [6, 6.07) is 0.542. The Morgan fingerprint density at radius 2 is 2.20 bits per heavy atom. The number of piperazine rings is 1. The van der Waals surface area contributed by atoms with E-state index in [9.17, 15) is 4.79 Å². The lowest BCUT2D eigenvalue weighted by molar-refractivity contribution is -0.144. The highest BCUT2D eigenvalue weighted by molar-refractivity contribution is 5.85. The molecule has 0 aromatic carbocycles. The van der Waals surface area contributed by atoms with E-state index in [-0.39, 0.29) is 36.8 Å². The molecule has 1 N–H and O–H groups in total. The van der Waals surface area contributed by atoms with Crippen molar-refractivity contribution in [3.8, 4) is 0 Å². The molecule has 4 nitrogen and oxygen atoms in total. The predicted molar refractivity (Wildman–Crippen MR) is 62.9 cm³/mol. The van der Waals surface area contributed by atoms with Gasteiger partial charge in [-0.25, -0.2) is 0 Å². The average Bonchev–Trinajstić information content (AvgIpc) is 2.63. The van der Waals surface area contributed by atoms with Crippen LogP contribution in [-0.2, 0) is 9.53 Å². The highest BCUT2D eigenvalue weighted by Crippen LogP contribution is 2.19. The van der Waals surface area contributed by atoms with Gasteiger partial charge in [-0.05, 0) is 19.4 Å². The third-order valence-corrected chi connectivity index (χ3v) is 3.00. The smallest absolute Gasteiger partial charge is 0.324 e. The molecular weight excluding hydrogens is 239 g/mol. The maximum atomic E-state index is 11.2. The zero-order valence-electron chi connectivity index (χ0n) is 8.77. The largest absolute Gasteiger partial charge is 0.468 e. The van der Waals surface area contributed by atoms with E-state index in [4.69, 9.17) is 4.74 Å². The minimum atomic E-state index is -0.134. The van der Waals surface area contributed by atoms with Gasteiger partial charge in [-0.15, -0.1) is 24.8 Å². The summed E-state index contributed by atoms with van der Waals surface area (Å²) in [6.45, 7) is 2.89. The Morgan fingerprint density at radius 3 is 2.87 bits per heavy atom. The monoisotopic (exact) mass is 256 g/mol. The molecule has 2 aliphatic rings. The zero-order valence-corrected chi connectivity index (χ0v) is 10.4. The molecule has 90 valence electrons. The van der Waals surface area contributed by atoms with Crippen LogP contribution in [0.2, 0.25) is 0 Å². The summed E-state index contributed by atoms with van der Waals surface area (Å²) in [5.41, 5.74) is 0. The first-order valence-electron chi connectivity index (χ1n) is 4.86. The molecule has 2 heterocycles. The molecule has 2 saturated heterocycles. The van der Waals surface area contributed by atoms with Crippen molar-refractivity contribution in [3.63, 3.8) is 0 Å². The van der Waals surface area contributed by atoms with Crippen LogP contribution in [0, 0.1) is 0 Å². The Hall–Kier alpha value is -0.0300. The van der Waals surface area contributed by atoms with Gasteiger partial charge < -0.3 is 10.1 Å². The number of carbonyl (C=O) groups is 1. The number of methoxy groups -OCH3 is 1. The van der Waals surface area contributed by atoms with Gasteiger partial charge in [0.15, 0.2) is 0 Å². The molecule has 2 atom stereocenters. The number of nitrogens with one attached hydrogen (secondary N) is 1. The first kappa shape index (κ1) is 15.0. The Bertz CT molecular complexity index is 216. The number of nitrogens with zero attached hydrogens (tertiary/aromatic N) is 1. The molecule has 0 bridgehead atoms. The van der Waals surface area contributed by atoms with Crippen molar-refractivity contribution in [2.24, 2.45) is 0 Å². The van der Waals surface area contributed by atoms with Gasteiger partial charge in [0.2, 0.25) is 0 Å². The number of fused-ring (bicyclic) bond motifs is 1. The molecule has 2 fully saturated rings. The van der Waals surface area contributed by atoms with Gasteiger partial charge in [-0.2, -0.15) is 0 Å². The number of ether oxygens (including phenoxy) is 1. The second-order valence-corrected chi connectivity index (χ2v) is 3.77. The SMILES string of the molecule is COC(=O)[C@H]1CN2CCC[C@@H]2CN1.Cl.Cl. The van der Waals surface area contributed by atoms with Crippen molar-refractivity contribution < 1.29 is 9.53 Å². The molecule has 0 spiro atoms. The zero-order chi connectivity index (χ0) is 9.26. The van der Waals surface area contributed by atoms with E-state index >= 15 is 0 Å². The van der Waals surface area contributed by atoms with Gasteiger partial charge in [0, 0.05) is 19.1 Å². The number of halogens is 2. The van der Waals surface area contributed by atoms with Crippen LogP contribution in [0.5, 0.6) is 0 Å². The normalized spacial score (nSPS) is 29.7. The molecule has 0 radical (unpaired) electrons. The average molecular weight is 257 g/mol. The summed E-state index contributed by atoms with van der Waals surface area (Å²) < 4.78 is 4.71. The summed E-state index contributed by atoms with van der Waals surface area (Å²) >= 11 is 0. The fourth-order valence-corrected chi connectivity index (χ4v) is 2.24. The maximum Gasteiger partial charge on any atom is 0.324 e.